The largest absolute Gasteiger partial charge is 0.507 e. The summed E-state index contributed by atoms with van der Waals surface area (Å²) in [6.45, 7) is 9.91. The smallest absolute Gasteiger partial charge is 0.295 e. The molecule has 3 amide bonds. The summed E-state index contributed by atoms with van der Waals surface area (Å²) in [7, 11) is 12.4. The van der Waals surface area contributed by atoms with Gasteiger partial charge in [-0.1, -0.05) is 36.4 Å². The molecule has 0 saturated carbocycles. The SMILES string of the molecule is CCOc1cccc(/C(O)=C2\C(=O)C(=O)N(CCN(C)C)C2c2ccncc2)c1.CCOc1cccc(/C(O)=C2\C(=O)C(=O)N(CCN(C)C)C2c2ccncc2)c1.CCOc1cccc(/C(O)=C2\C(=O)C(=O)N(CCN(C)C)C2c2ccncc2)c1.CO. The summed E-state index contributed by atoms with van der Waals surface area (Å²) in [6, 6.07) is 29.1. The van der Waals surface area contributed by atoms with E-state index in [0.717, 1.165) is 23.8 Å². The number of nitrogens with zero attached hydrogens (tertiary/aromatic N) is 9. The molecule has 4 N–H and O–H groups in total. The molecule has 9 rings (SSSR count). The number of aromatic nitrogens is 3. The van der Waals surface area contributed by atoms with Crippen molar-refractivity contribution in [2.24, 2.45) is 0 Å². The Morgan fingerprint density at radius 3 is 0.854 bits per heavy atom. The van der Waals surface area contributed by atoms with Crippen molar-refractivity contribution in [1.29, 1.82) is 0 Å². The molecular weight excluding hydrogens is 1140 g/mol. The second-order valence-corrected chi connectivity index (χ2v) is 21.1. The van der Waals surface area contributed by atoms with Crippen molar-refractivity contribution in [2.75, 3.05) is 108 Å². The third-order valence-corrected chi connectivity index (χ3v) is 14.3. The van der Waals surface area contributed by atoms with Gasteiger partial charge in [-0.05, 0) is 153 Å². The quantitative estimate of drug-likeness (QED) is 0.0321. The first-order valence-electron chi connectivity index (χ1n) is 28.9. The number of aliphatic hydroxyl groups is 4. The van der Waals surface area contributed by atoms with E-state index in [1.54, 1.807) is 146 Å². The van der Waals surface area contributed by atoms with E-state index < -0.39 is 53.2 Å². The predicted molar refractivity (Wildman–Crippen MR) is 336 cm³/mol. The van der Waals surface area contributed by atoms with Crippen LogP contribution < -0.4 is 14.2 Å². The van der Waals surface area contributed by atoms with E-state index in [0.29, 0.717) is 93.0 Å². The summed E-state index contributed by atoms with van der Waals surface area (Å²) in [6.07, 6.45) is 9.65. The number of carbonyl (C=O) groups excluding carboxylic acids is 6. The van der Waals surface area contributed by atoms with Crippen LogP contribution in [0.3, 0.4) is 0 Å². The van der Waals surface area contributed by atoms with Crippen LogP contribution in [0.5, 0.6) is 17.2 Å². The van der Waals surface area contributed by atoms with E-state index >= 15 is 0 Å². The summed E-state index contributed by atoms with van der Waals surface area (Å²) in [5, 5.41) is 40.1. The molecule has 6 aromatic rings. The fraction of sp³-hybridized carbons (Fsp3) is 0.328. The Bertz CT molecular complexity index is 3140. The molecule has 0 aliphatic carbocycles. The molecule has 3 aromatic carbocycles. The molecule has 3 aromatic heterocycles. The number of hydrogen-bond acceptors (Lipinski definition) is 19. The lowest BCUT2D eigenvalue weighted by molar-refractivity contribution is -0.140. The molecule has 3 atom stereocenters. The minimum Gasteiger partial charge on any atom is -0.507 e. The number of likely N-dealkylation sites (tertiary alicyclic amines) is 3. The second kappa shape index (κ2) is 32.9. The minimum absolute atomic E-state index is 0.0774. The normalized spacial score (nSPS) is 18.1. The molecule has 3 aliphatic rings. The van der Waals surface area contributed by atoms with Gasteiger partial charge in [0.1, 0.15) is 34.5 Å². The summed E-state index contributed by atoms with van der Waals surface area (Å²) < 4.78 is 16.5. The Hall–Kier alpha value is -9.61. The average Bonchev–Trinajstić information content (AvgIpc) is 1.69. The maximum absolute atomic E-state index is 12.9. The van der Waals surface area contributed by atoms with Crippen LogP contribution in [0.2, 0.25) is 0 Å². The van der Waals surface area contributed by atoms with Crippen LogP contribution in [0.1, 0.15) is 72.3 Å². The van der Waals surface area contributed by atoms with E-state index in [9.17, 15) is 44.1 Å². The van der Waals surface area contributed by atoms with Crippen LogP contribution >= 0.6 is 0 Å². The number of rotatable bonds is 21. The van der Waals surface area contributed by atoms with Crippen LogP contribution in [0, 0.1) is 0 Å². The van der Waals surface area contributed by atoms with E-state index in [4.69, 9.17) is 19.3 Å². The third-order valence-electron chi connectivity index (χ3n) is 14.3. The molecule has 89 heavy (non-hydrogen) atoms. The molecule has 6 heterocycles. The first-order valence-corrected chi connectivity index (χ1v) is 28.9. The molecule has 3 fully saturated rings. The zero-order valence-corrected chi connectivity index (χ0v) is 51.9. The number of hydrogen-bond donors (Lipinski definition) is 4. The summed E-state index contributed by atoms with van der Waals surface area (Å²) in [4.78, 5) is 99.5. The van der Waals surface area contributed by atoms with Crippen molar-refractivity contribution in [3.05, 3.63) is 196 Å². The van der Waals surface area contributed by atoms with Gasteiger partial charge in [0.05, 0.1) is 54.7 Å². The molecule has 0 radical (unpaired) electrons. The number of benzene rings is 3. The first-order chi connectivity index (χ1) is 42.8. The van der Waals surface area contributed by atoms with Crippen LogP contribution in [0.15, 0.2) is 163 Å². The van der Waals surface area contributed by atoms with Gasteiger partial charge >= 0.3 is 0 Å². The van der Waals surface area contributed by atoms with Gasteiger partial charge in [0, 0.05) is 100 Å². The Morgan fingerprint density at radius 1 is 0.404 bits per heavy atom. The predicted octanol–water partition coefficient (Wildman–Crippen LogP) is 7.00. The van der Waals surface area contributed by atoms with E-state index in [1.807, 2.05) is 77.8 Å². The summed E-state index contributed by atoms with van der Waals surface area (Å²) >= 11 is 0. The molecule has 0 bridgehead atoms. The average molecular weight is 1220 g/mol. The number of amides is 3. The van der Waals surface area contributed by atoms with Crippen molar-refractivity contribution in [1.82, 2.24) is 44.4 Å². The van der Waals surface area contributed by atoms with Gasteiger partial charge in [-0.3, -0.25) is 43.7 Å². The van der Waals surface area contributed by atoms with Crippen LogP contribution in [-0.4, -0.2) is 208 Å². The number of carbonyl (C=O) groups is 6. The molecule has 3 unspecified atom stereocenters. The Balaban J connectivity index is 0.000000210. The fourth-order valence-corrected chi connectivity index (χ4v) is 10.1. The standard InChI is InChI=1S/3C22H25N3O4.CH4O/c3*1-4-29-17-7-5-6-16(14-17)20(26)18-19(15-8-10-23-11-9-15)25(13-12-24(2)3)22(28)21(18)27;1-2/h3*5-11,14,19,26H,4,12-13H2,1-3H3;2H,1H3/b3*20-18+;. The van der Waals surface area contributed by atoms with Gasteiger partial charge < -0.3 is 64.0 Å². The highest BCUT2D eigenvalue weighted by Crippen LogP contribution is 2.42. The molecule has 470 valence electrons. The fourth-order valence-electron chi connectivity index (χ4n) is 10.1. The Morgan fingerprint density at radius 2 is 0.640 bits per heavy atom. The van der Waals surface area contributed by atoms with Crippen molar-refractivity contribution >= 4 is 52.3 Å². The summed E-state index contributed by atoms with van der Waals surface area (Å²) in [5.41, 5.74) is 3.69. The van der Waals surface area contributed by atoms with Gasteiger partial charge in [0.2, 0.25) is 0 Å². The number of pyridine rings is 3. The van der Waals surface area contributed by atoms with Crippen molar-refractivity contribution in [3.8, 4) is 17.2 Å². The zero-order valence-electron chi connectivity index (χ0n) is 51.9. The molecule has 0 spiro atoms. The van der Waals surface area contributed by atoms with Crippen molar-refractivity contribution in [3.63, 3.8) is 0 Å². The van der Waals surface area contributed by atoms with Gasteiger partial charge in [-0.25, -0.2) is 0 Å². The third kappa shape index (κ3) is 16.9. The topological polar surface area (TPSA) is 269 Å². The number of likely N-dealkylation sites (N-methyl/N-ethyl adjacent to an activating group) is 3. The molecule has 3 aliphatic heterocycles. The van der Waals surface area contributed by atoms with E-state index in [-0.39, 0.29) is 34.0 Å². The maximum Gasteiger partial charge on any atom is 0.295 e. The van der Waals surface area contributed by atoms with Crippen LogP contribution in [0.4, 0.5) is 0 Å². The van der Waals surface area contributed by atoms with E-state index in [2.05, 4.69) is 15.0 Å². The van der Waals surface area contributed by atoms with Gasteiger partial charge in [0.25, 0.3) is 35.1 Å². The number of aliphatic hydroxyl groups excluding tert-OH is 4. The second-order valence-electron chi connectivity index (χ2n) is 21.1. The Kier molecular flexibility index (Phi) is 25.4. The summed E-state index contributed by atoms with van der Waals surface area (Å²) in [5.74, 6) is -2.79. The molecular formula is C67H79N9O13. The molecule has 3 saturated heterocycles. The lowest BCUT2D eigenvalue weighted by Gasteiger charge is -2.26. The molecule has 22 heteroatoms. The monoisotopic (exact) mass is 1220 g/mol. The maximum atomic E-state index is 12.9. The minimum atomic E-state index is -0.690. The molecule has 22 nitrogen and oxygen atoms in total. The van der Waals surface area contributed by atoms with Crippen molar-refractivity contribution < 1.29 is 63.4 Å². The highest BCUT2D eigenvalue weighted by Gasteiger charge is 2.48. The highest BCUT2D eigenvalue weighted by molar-refractivity contribution is 6.48. The van der Waals surface area contributed by atoms with Crippen LogP contribution in [-0.2, 0) is 28.8 Å². The van der Waals surface area contributed by atoms with Gasteiger partial charge in [-0.15, -0.1) is 0 Å². The van der Waals surface area contributed by atoms with Crippen molar-refractivity contribution in [2.45, 2.75) is 38.9 Å². The van der Waals surface area contributed by atoms with Gasteiger partial charge in [-0.2, -0.15) is 0 Å². The number of ether oxygens (including phenoxy) is 3. The van der Waals surface area contributed by atoms with E-state index in [1.165, 1.54) is 14.7 Å². The number of Topliss-reactive ketones (excluding diaryl/α,β-unsaturated/α-hetero) is 3. The highest BCUT2D eigenvalue weighted by atomic mass is 16.5. The van der Waals surface area contributed by atoms with Crippen LogP contribution in [0.25, 0.3) is 17.3 Å². The zero-order chi connectivity index (χ0) is 64.9. The number of ketones is 3. The Labute approximate surface area is 519 Å². The lowest BCUT2D eigenvalue weighted by Crippen LogP contribution is -2.35. The lowest BCUT2D eigenvalue weighted by atomic mass is 9.96. The van der Waals surface area contributed by atoms with Gasteiger partial charge in [0.15, 0.2) is 0 Å². The first kappa shape index (κ1) is 68.5.